The molecule has 168 valence electrons. The maximum atomic E-state index is 11.4. The molecule has 5 rings (SSSR count). The van der Waals surface area contributed by atoms with Gasteiger partial charge in [-0.05, 0) is 51.3 Å². The van der Waals surface area contributed by atoms with E-state index in [-0.39, 0.29) is 0 Å². The second-order valence-corrected chi connectivity index (χ2v) is 8.52. The summed E-state index contributed by atoms with van der Waals surface area (Å²) in [6, 6.07) is 10.3. The summed E-state index contributed by atoms with van der Waals surface area (Å²) < 4.78 is 17.3. The third-order valence-electron chi connectivity index (χ3n) is 6.22. The Hall–Kier alpha value is -3.06. The van der Waals surface area contributed by atoms with E-state index in [1.165, 1.54) is 25.9 Å². The molecule has 1 aromatic heterocycles. The fourth-order valence-electron chi connectivity index (χ4n) is 4.50. The number of methoxy groups -OCH3 is 1. The summed E-state index contributed by atoms with van der Waals surface area (Å²) in [5.74, 6) is 1.30. The third-order valence-corrected chi connectivity index (χ3v) is 6.22. The van der Waals surface area contributed by atoms with Gasteiger partial charge < -0.3 is 24.4 Å². The summed E-state index contributed by atoms with van der Waals surface area (Å²) in [7, 11) is 1.57. The van der Waals surface area contributed by atoms with Gasteiger partial charge in [0.2, 0.25) is 5.75 Å². The van der Waals surface area contributed by atoms with Crippen LogP contribution >= 0.6 is 0 Å². The first-order chi connectivity index (χ1) is 15.8. The maximum Gasteiger partial charge on any atom is 0.298 e. The van der Waals surface area contributed by atoms with Gasteiger partial charge in [0.15, 0.2) is 11.5 Å². The van der Waals surface area contributed by atoms with Crippen LogP contribution < -0.4 is 19.5 Å². The lowest BCUT2D eigenvalue weighted by molar-refractivity contribution is -0.120. The first kappa shape index (κ1) is 20.8. The topological polar surface area (TPSA) is 72.9 Å². The maximum absolute atomic E-state index is 11.4. The van der Waals surface area contributed by atoms with Crippen LogP contribution in [0.25, 0.3) is 21.8 Å². The molecule has 0 spiro atoms. The molecular formula is C25H29N3O4. The van der Waals surface area contributed by atoms with Crippen molar-refractivity contribution in [2.24, 2.45) is 0 Å². The van der Waals surface area contributed by atoms with Gasteiger partial charge in [0, 0.05) is 24.0 Å². The van der Waals surface area contributed by atoms with Crippen LogP contribution in [0.1, 0.15) is 32.1 Å². The number of likely N-dealkylation sites (tertiary alicyclic amines) is 1. The van der Waals surface area contributed by atoms with E-state index >= 15 is 0 Å². The minimum Gasteiger partial charge on any atom is -0.490 e. The van der Waals surface area contributed by atoms with Crippen LogP contribution in [-0.4, -0.2) is 55.7 Å². The lowest BCUT2D eigenvalue weighted by atomic mass is 10.1. The number of para-hydroxylation sites is 1. The summed E-state index contributed by atoms with van der Waals surface area (Å²) >= 11 is 0. The number of pyridine rings is 1. The molecule has 32 heavy (non-hydrogen) atoms. The van der Waals surface area contributed by atoms with Crippen molar-refractivity contribution in [1.82, 2.24) is 9.88 Å². The van der Waals surface area contributed by atoms with Crippen molar-refractivity contribution >= 4 is 34.0 Å². The smallest absolute Gasteiger partial charge is 0.298 e. The Morgan fingerprint density at radius 3 is 2.72 bits per heavy atom. The number of hydrogen-bond donors (Lipinski definition) is 1. The number of hydrogen-bond acceptors (Lipinski definition) is 7. The predicted molar refractivity (Wildman–Crippen MR) is 125 cm³/mol. The molecule has 1 aliphatic carbocycles. The highest BCUT2D eigenvalue weighted by Crippen LogP contribution is 2.48. The molecule has 0 amide bonds. The van der Waals surface area contributed by atoms with Gasteiger partial charge in [0.05, 0.1) is 35.8 Å². The highest BCUT2D eigenvalue weighted by atomic mass is 16.6. The molecule has 1 saturated carbocycles. The molecule has 1 N–H and O–H groups in total. The molecule has 2 fully saturated rings. The van der Waals surface area contributed by atoms with E-state index in [1.54, 1.807) is 7.11 Å². The SMILES string of the molecule is COc1c(OCCCN2CCCC2)cc2nc3ccccc3c(NC3CC3)c2c1OC=O. The molecule has 2 heterocycles. The Kier molecular flexibility index (Phi) is 5.99. The molecule has 7 heteroatoms. The second kappa shape index (κ2) is 9.20. The Morgan fingerprint density at radius 2 is 1.97 bits per heavy atom. The number of fused-ring (bicyclic) bond motifs is 2. The predicted octanol–water partition coefficient (Wildman–Crippen LogP) is 4.37. The van der Waals surface area contributed by atoms with Gasteiger partial charge in [0.25, 0.3) is 6.47 Å². The monoisotopic (exact) mass is 435 g/mol. The van der Waals surface area contributed by atoms with Crippen LogP contribution in [0.3, 0.4) is 0 Å². The molecule has 3 aromatic rings. The average molecular weight is 436 g/mol. The number of anilines is 1. The quantitative estimate of drug-likeness (QED) is 0.288. The van der Waals surface area contributed by atoms with Gasteiger partial charge in [-0.1, -0.05) is 18.2 Å². The zero-order valence-electron chi connectivity index (χ0n) is 18.4. The van der Waals surface area contributed by atoms with E-state index in [0.29, 0.717) is 41.9 Å². The first-order valence-corrected chi connectivity index (χ1v) is 11.4. The minimum absolute atomic E-state index is 0.343. The van der Waals surface area contributed by atoms with E-state index in [1.807, 2.05) is 30.3 Å². The fourth-order valence-corrected chi connectivity index (χ4v) is 4.50. The molecule has 0 unspecified atom stereocenters. The van der Waals surface area contributed by atoms with Gasteiger partial charge in [-0.15, -0.1) is 0 Å². The number of nitrogens with one attached hydrogen (secondary N) is 1. The van der Waals surface area contributed by atoms with E-state index in [2.05, 4.69) is 10.2 Å². The molecule has 0 radical (unpaired) electrons. The van der Waals surface area contributed by atoms with Crippen molar-refractivity contribution in [3.05, 3.63) is 30.3 Å². The normalized spacial score (nSPS) is 16.4. The molecular weight excluding hydrogens is 406 g/mol. The molecule has 2 aromatic carbocycles. The number of aromatic nitrogens is 1. The highest BCUT2D eigenvalue weighted by molar-refractivity contribution is 6.11. The number of nitrogens with zero attached hydrogens (tertiary/aromatic N) is 2. The lowest BCUT2D eigenvalue weighted by Crippen LogP contribution is -2.22. The minimum atomic E-state index is 0.343. The lowest BCUT2D eigenvalue weighted by Gasteiger charge is -2.20. The van der Waals surface area contributed by atoms with Crippen LogP contribution in [0.5, 0.6) is 17.2 Å². The van der Waals surface area contributed by atoms with Gasteiger partial charge in [-0.2, -0.15) is 0 Å². The molecule has 0 atom stereocenters. The zero-order chi connectivity index (χ0) is 21.9. The van der Waals surface area contributed by atoms with Crippen LogP contribution in [-0.2, 0) is 4.79 Å². The van der Waals surface area contributed by atoms with E-state index < -0.39 is 0 Å². The van der Waals surface area contributed by atoms with Crippen LogP contribution in [0.15, 0.2) is 30.3 Å². The standard InChI is InChI=1S/C25H29N3O4/c1-30-24-21(31-14-6-13-28-11-4-5-12-28)15-20-22(25(24)32-16-29)23(26-17-9-10-17)18-7-2-3-8-19(18)27-20/h2-3,7-8,15-17H,4-6,9-14H2,1H3,(H,26,27). The number of ether oxygens (including phenoxy) is 3. The van der Waals surface area contributed by atoms with E-state index in [0.717, 1.165) is 47.8 Å². The van der Waals surface area contributed by atoms with Crippen molar-refractivity contribution in [2.45, 2.75) is 38.1 Å². The van der Waals surface area contributed by atoms with Crippen molar-refractivity contribution in [3.63, 3.8) is 0 Å². The average Bonchev–Trinajstić information content (AvgIpc) is 3.47. The summed E-state index contributed by atoms with van der Waals surface area (Å²) in [4.78, 5) is 18.8. The zero-order valence-corrected chi connectivity index (χ0v) is 18.4. The summed E-state index contributed by atoms with van der Waals surface area (Å²) in [5.41, 5.74) is 2.51. The van der Waals surface area contributed by atoms with Crippen LogP contribution in [0.4, 0.5) is 5.69 Å². The third kappa shape index (κ3) is 4.17. The van der Waals surface area contributed by atoms with Gasteiger partial charge >= 0.3 is 0 Å². The Balaban J connectivity index is 1.55. The van der Waals surface area contributed by atoms with Gasteiger partial charge in [-0.25, -0.2) is 4.98 Å². The number of benzene rings is 2. The molecule has 1 aliphatic heterocycles. The van der Waals surface area contributed by atoms with Crippen molar-refractivity contribution in [2.75, 3.05) is 38.7 Å². The van der Waals surface area contributed by atoms with Crippen molar-refractivity contribution in [1.29, 1.82) is 0 Å². The largest absolute Gasteiger partial charge is 0.490 e. The van der Waals surface area contributed by atoms with Gasteiger partial charge in [-0.3, -0.25) is 4.79 Å². The van der Waals surface area contributed by atoms with Crippen LogP contribution in [0, 0.1) is 0 Å². The molecule has 0 bridgehead atoms. The van der Waals surface area contributed by atoms with Gasteiger partial charge in [0.1, 0.15) is 0 Å². The van der Waals surface area contributed by atoms with E-state index in [4.69, 9.17) is 19.2 Å². The number of carbonyl (C=O) groups is 1. The Labute approximate surface area is 187 Å². The molecule has 2 aliphatic rings. The molecule has 7 nitrogen and oxygen atoms in total. The second-order valence-electron chi connectivity index (χ2n) is 8.52. The van der Waals surface area contributed by atoms with Crippen molar-refractivity contribution < 1.29 is 19.0 Å². The van der Waals surface area contributed by atoms with E-state index in [9.17, 15) is 4.79 Å². The van der Waals surface area contributed by atoms with Crippen LogP contribution in [0.2, 0.25) is 0 Å². The fraction of sp³-hybridized carbons (Fsp3) is 0.440. The number of carbonyl (C=O) groups excluding carboxylic acids is 1. The van der Waals surface area contributed by atoms with Crippen molar-refractivity contribution in [3.8, 4) is 17.2 Å². The Morgan fingerprint density at radius 1 is 1.16 bits per heavy atom. The summed E-state index contributed by atoms with van der Waals surface area (Å²) in [6.45, 7) is 4.35. The summed E-state index contributed by atoms with van der Waals surface area (Å²) in [5, 5.41) is 5.35. The highest BCUT2D eigenvalue weighted by Gasteiger charge is 2.27. The first-order valence-electron chi connectivity index (χ1n) is 11.4. The molecule has 1 saturated heterocycles. The number of rotatable bonds is 10. The summed E-state index contributed by atoms with van der Waals surface area (Å²) in [6.07, 6.45) is 5.73. The Bertz CT molecular complexity index is 1120.